The van der Waals surface area contributed by atoms with Crippen LogP contribution in [-0.4, -0.2) is 33.7 Å². The molecular weight excluding hydrogens is 432 g/mol. The van der Waals surface area contributed by atoms with Crippen molar-refractivity contribution in [3.63, 3.8) is 0 Å². The van der Waals surface area contributed by atoms with Crippen molar-refractivity contribution in [3.8, 4) is 11.4 Å². The van der Waals surface area contributed by atoms with Crippen LogP contribution in [0.4, 0.5) is 5.69 Å². The number of nitrogens with zero attached hydrogens (tertiary/aromatic N) is 4. The molecule has 0 atom stereocenters. The van der Waals surface area contributed by atoms with Gasteiger partial charge in [0.05, 0.1) is 18.2 Å². The summed E-state index contributed by atoms with van der Waals surface area (Å²) < 4.78 is 7.81. The van der Waals surface area contributed by atoms with Crippen molar-refractivity contribution in [2.75, 3.05) is 18.6 Å². The summed E-state index contributed by atoms with van der Waals surface area (Å²) >= 11 is 0. The number of carbonyl (C=O) groups is 1. The van der Waals surface area contributed by atoms with E-state index >= 15 is 0 Å². The highest BCUT2D eigenvalue weighted by Gasteiger charge is 2.23. The van der Waals surface area contributed by atoms with E-state index in [9.17, 15) is 14.4 Å². The van der Waals surface area contributed by atoms with Crippen LogP contribution < -0.4 is 20.9 Å². The lowest BCUT2D eigenvalue weighted by molar-refractivity contribution is -0.119. The first-order chi connectivity index (χ1) is 16.4. The van der Waals surface area contributed by atoms with E-state index in [4.69, 9.17) is 4.74 Å². The molecule has 4 aromatic rings. The van der Waals surface area contributed by atoms with Crippen molar-refractivity contribution in [2.45, 2.75) is 27.3 Å². The third kappa shape index (κ3) is 3.98. The van der Waals surface area contributed by atoms with E-state index in [1.54, 1.807) is 49.1 Å². The highest BCUT2D eigenvalue weighted by molar-refractivity contribution is 5.93. The van der Waals surface area contributed by atoms with E-state index in [-0.39, 0.29) is 16.9 Å². The number of anilines is 1. The van der Waals surface area contributed by atoms with Crippen LogP contribution in [-0.2, 0) is 11.3 Å². The Hall–Kier alpha value is -4.20. The van der Waals surface area contributed by atoms with Crippen molar-refractivity contribution < 1.29 is 9.53 Å². The molecule has 8 heteroatoms. The molecule has 0 aliphatic rings. The number of pyridine rings is 1. The number of fused-ring (bicyclic) bond motifs is 1. The third-order valence-corrected chi connectivity index (χ3v) is 5.72. The van der Waals surface area contributed by atoms with Gasteiger partial charge in [0, 0.05) is 17.9 Å². The van der Waals surface area contributed by atoms with Gasteiger partial charge in [-0.15, -0.1) is 0 Å². The number of aromatic nitrogens is 3. The van der Waals surface area contributed by atoms with Crippen LogP contribution in [0.3, 0.4) is 0 Å². The second kappa shape index (κ2) is 9.35. The van der Waals surface area contributed by atoms with Crippen LogP contribution in [0.2, 0.25) is 0 Å². The Morgan fingerprint density at radius 2 is 1.71 bits per heavy atom. The van der Waals surface area contributed by atoms with Gasteiger partial charge in [-0.1, -0.05) is 30.3 Å². The molecule has 0 saturated heterocycles. The first kappa shape index (κ1) is 23.0. The average Bonchev–Trinajstić information content (AvgIpc) is 2.83. The fraction of sp³-hybridized carbons (Fsp3) is 0.231. The molecule has 0 aliphatic heterocycles. The Kier molecular flexibility index (Phi) is 6.32. The minimum absolute atomic E-state index is 0.233. The molecule has 0 fully saturated rings. The number of aryl methyl sites for hydroxylation is 2. The van der Waals surface area contributed by atoms with Gasteiger partial charge < -0.3 is 9.64 Å². The highest BCUT2D eigenvalue weighted by Crippen LogP contribution is 2.24. The van der Waals surface area contributed by atoms with Gasteiger partial charge in [-0.3, -0.25) is 9.59 Å². The molecule has 1 amide bonds. The number of methoxy groups -OCH3 is 1. The molecule has 0 radical (unpaired) electrons. The van der Waals surface area contributed by atoms with Crippen molar-refractivity contribution >= 4 is 22.6 Å². The molecule has 4 rings (SSSR count). The summed E-state index contributed by atoms with van der Waals surface area (Å²) in [5.41, 5.74) is 1.51. The molecule has 34 heavy (non-hydrogen) atoms. The first-order valence-electron chi connectivity index (χ1n) is 11.0. The van der Waals surface area contributed by atoms with Crippen LogP contribution in [0.1, 0.15) is 18.2 Å². The molecule has 174 valence electrons. The maximum Gasteiger partial charge on any atom is 0.337 e. The maximum absolute atomic E-state index is 13.7. The molecule has 0 aliphatic carbocycles. The summed E-state index contributed by atoms with van der Waals surface area (Å²) in [5.74, 6) is 0.0828. The van der Waals surface area contributed by atoms with Gasteiger partial charge in [-0.25, -0.2) is 18.9 Å². The monoisotopic (exact) mass is 458 g/mol. The molecule has 2 aromatic heterocycles. The number of hydrogen-bond acceptors (Lipinski definition) is 5. The van der Waals surface area contributed by atoms with Crippen LogP contribution in [0.15, 0.2) is 70.3 Å². The highest BCUT2D eigenvalue weighted by atomic mass is 16.5. The molecule has 0 bridgehead atoms. The lowest BCUT2D eigenvalue weighted by atomic mass is 10.1. The average molecular weight is 459 g/mol. The van der Waals surface area contributed by atoms with E-state index in [2.05, 4.69) is 4.98 Å². The smallest absolute Gasteiger partial charge is 0.337 e. The minimum Gasteiger partial charge on any atom is -0.495 e. The van der Waals surface area contributed by atoms with Crippen molar-refractivity contribution in [1.29, 1.82) is 0 Å². The van der Waals surface area contributed by atoms with Crippen LogP contribution >= 0.6 is 0 Å². The summed E-state index contributed by atoms with van der Waals surface area (Å²) in [5, 5.41) is 0.284. The Bertz CT molecular complexity index is 1490. The Labute approximate surface area is 196 Å². The topological polar surface area (TPSA) is 86.4 Å². The van der Waals surface area contributed by atoms with Crippen LogP contribution in [0.25, 0.3) is 16.7 Å². The number of carbonyl (C=O) groups excluding carboxylic acids is 1. The third-order valence-electron chi connectivity index (χ3n) is 5.72. The number of amides is 1. The van der Waals surface area contributed by atoms with Gasteiger partial charge in [0.1, 0.15) is 12.3 Å². The quantitative estimate of drug-likeness (QED) is 0.443. The largest absolute Gasteiger partial charge is 0.495 e. The van der Waals surface area contributed by atoms with Crippen molar-refractivity contribution in [2.24, 2.45) is 0 Å². The number of rotatable bonds is 6. The van der Waals surface area contributed by atoms with Crippen LogP contribution in [0.5, 0.6) is 5.75 Å². The second-order valence-electron chi connectivity index (χ2n) is 7.93. The van der Waals surface area contributed by atoms with E-state index in [1.165, 1.54) is 11.7 Å². The molecular formula is C26H26N4O4. The van der Waals surface area contributed by atoms with Gasteiger partial charge in [-0.05, 0) is 56.7 Å². The number of benzene rings is 2. The predicted octanol–water partition coefficient (Wildman–Crippen LogP) is 3.23. The lowest BCUT2D eigenvalue weighted by Crippen LogP contribution is -2.45. The first-order valence-corrected chi connectivity index (χ1v) is 11.0. The van der Waals surface area contributed by atoms with E-state index in [1.807, 2.05) is 37.3 Å². The zero-order chi connectivity index (χ0) is 24.4. The standard InChI is InChI=1S/C26H26N4O4/c1-5-28(19-11-7-6-8-12-19)22(31)16-29-25(32)23-17(2)15-18(3)27-24(23)30(26(29)33)20-13-9-10-14-21(20)34-4/h6-15H,5,16H2,1-4H3. The maximum atomic E-state index is 13.7. The molecule has 2 heterocycles. The summed E-state index contributed by atoms with van der Waals surface area (Å²) in [7, 11) is 1.51. The number of para-hydroxylation sites is 3. The number of hydrogen-bond donors (Lipinski definition) is 0. The molecule has 0 spiro atoms. The molecule has 2 aromatic carbocycles. The minimum atomic E-state index is -0.656. The normalized spacial score (nSPS) is 10.9. The summed E-state index contributed by atoms with van der Waals surface area (Å²) in [4.78, 5) is 46.6. The Morgan fingerprint density at radius 1 is 1.03 bits per heavy atom. The zero-order valence-electron chi connectivity index (χ0n) is 19.6. The van der Waals surface area contributed by atoms with E-state index in [0.717, 1.165) is 4.57 Å². The molecule has 0 saturated carbocycles. The summed E-state index contributed by atoms with van der Waals surface area (Å²) in [6, 6.07) is 17.9. The number of ether oxygens (including phenoxy) is 1. The van der Waals surface area contributed by atoms with Gasteiger partial charge in [-0.2, -0.15) is 0 Å². The van der Waals surface area contributed by atoms with Crippen LogP contribution in [0, 0.1) is 13.8 Å². The zero-order valence-corrected chi connectivity index (χ0v) is 19.6. The lowest BCUT2D eigenvalue weighted by Gasteiger charge is -2.22. The van der Waals surface area contributed by atoms with Crippen molar-refractivity contribution in [3.05, 3.63) is 92.8 Å². The summed E-state index contributed by atoms with van der Waals surface area (Å²) in [6.45, 7) is 5.43. The Morgan fingerprint density at radius 3 is 2.38 bits per heavy atom. The number of likely N-dealkylation sites (N-methyl/N-ethyl adjacent to an activating group) is 1. The fourth-order valence-corrected chi connectivity index (χ4v) is 4.18. The molecule has 0 unspecified atom stereocenters. The fourth-order valence-electron chi connectivity index (χ4n) is 4.18. The van der Waals surface area contributed by atoms with Crippen molar-refractivity contribution in [1.82, 2.24) is 14.1 Å². The Balaban J connectivity index is 1.98. The van der Waals surface area contributed by atoms with E-state index < -0.39 is 17.8 Å². The SMILES string of the molecule is CCN(C(=O)Cn1c(=O)c2c(C)cc(C)nc2n(-c2ccccc2OC)c1=O)c1ccccc1. The predicted molar refractivity (Wildman–Crippen MR) is 132 cm³/mol. The van der Waals surface area contributed by atoms with Gasteiger partial charge in [0.15, 0.2) is 5.65 Å². The molecule has 8 nitrogen and oxygen atoms in total. The molecule has 0 N–H and O–H groups in total. The van der Waals surface area contributed by atoms with Gasteiger partial charge in [0.2, 0.25) is 5.91 Å². The summed E-state index contributed by atoms with van der Waals surface area (Å²) in [6.07, 6.45) is 0. The van der Waals surface area contributed by atoms with Gasteiger partial charge >= 0.3 is 5.69 Å². The van der Waals surface area contributed by atoms with Gasteiger partial charge in [0.25, 0.3) is 5.56 Å². The second-order valence-corrected chi connectivity index (χ2v) is 7.93. The van der Waals surface area contributed by atoms with E-state index in [0.29, 0.717) is 34.9 Å².